The van der Waals surface area contributed by atoms with Crippen molar-refractivity contribution in [3.05, 3.63) is 69.7 Å². The van der Waals surface area contributed by atoms with Crippen LogP contribution in [0, 0.1) is 17.6 Å². The van der Waals surface area contributed by atoms with Gasteiger partial charge in [-0.25, -0.2) is 18.5 Å². The van der Waals surface area contributed by atoms with Crippen LogP contribution in [0.25, 0.3) is 0 Å². The van der Waals surface area contributed by atoms with Crippen LogP contribution in [-0.2, 0) is 33.3 Å². The molecule has 0 N–H and O–H groups in total. The summed E-state index contributed by atoms with van der Waals surface area (Å²) in [4.78, 5) is 37.3. The van der Waals surface area contributed by atoms with E-state index in [4.69, 9.17) is 16.3 Å². The minimum absolute atomic E-state index is 0.114. The third-order valence-electron chi connectivity index (χ3n) is 5.25. The first-order valence-corrected chi connectivity index (χ1v) is 10.1. The Hall–Kier alpha value is -3.01. The second-order valence-corrected chi connectivity index (χ2v) is 7.85. The monoisotopic (exact) mass is 489 g/mol. The van der Waals surface area contributed by atoms with Crippen LogP contribution in [0.2, 0.25) is 5.02 Å². The van der Waals surface area contributed by atoms with Gasteiger partial charge in [-0.15, -0.1) is 0 Å². The fourth-order valence-electron chi connectivity index (χ4n) is 3.62. The van der Waals surface area contributed by atoms with Crippen LogP contribution >= 0.6 is 11.6 Å². The number of hydrogen-bond donors (Lipinski definition) is 0. The van der Waals surface area contributed by atoms with E-state index in [-0.39, 0.29) is 19.1 Å². The van der Waals surface area contributed by atoms with Crippen molar-refractivity contribution in [1.82, 2.24) is 4.90 Å². The normalized spacial score (nSPS) is 17.1. The smallest absolute Gasteiger partial charge is 0.419 e. The zero-order valence-electron chi connectivity index (χ0n) is 16.9. The molecule has 0 unspecified atom stereocenters. The molecule has 0 aromatic heterocycles. The van der Waals surface area contributed by atoms with E-state index in [0.29, 0.717) is 6.29 Å². The predicted molar refractivity (Wildman–Crippen MR) is 106 cm³/mol. The molecule has 176 valence electrons. The van der Waals surface area contributed by atoms with Gasteiger partial charge in [0.25, 0.3) is 0 Å². The molecule has 1 fully saturated rings. The van der Waals surface area contributed by atoms with E-state index < -0.39 is 70.8 Å². The molecule has 2 amide bonds. The molecule has 1 heterocycles. The van der Waals surface area contributed by atoms with Crippen LogP contribution in [-0.4, -0.2) is 35.8 Å². The highest BCUT2D eigenvalue weighted by Gasteiger charge is 2.42. The highest BCUT2D eigenvalue weighted by Crippen LogP contribution is 2.37. The Morgan fingerprint density at radius 1 is 1.21 bits per heavy atom. The quantitative estimate of drug-likeness (QED) is 0.313. The van der Waals surface area contributed by atoms with Gasteiger partial charge < -0.3 is 9.53 Å². The maximum Gasteiger partial charge on any atom is 0.419 e. The molecule has 0 saturated carbocycles. The predicted octanol–water partition coefficient (Wildman–Crippen LogP) is 4.97. The fourth-order valence-corrected chi connectivity index (χ4v) is 3.89. The Kier molecular flexibility index (Phi) is 7.36. The number of benzene rings is 2. The molecule has 1 saturated heterocycles. The summed E-state index contributed by atoms with van der Waals surface area (Å²) in [5, 5.41) is -0.755. The lowest BCUT2D eigenvalue weighted by molar-refractivity contribution is -0.140. The summed E-state index contributed by atoms with van der Waals surface area (Å²) in [6.45, 7) is -0.114. The van der Waals surface area contributed by atoms with Crippen molar-refractivity contribution < 1.29 is 41.1 Å². The van der Waals surface area contributed by atoms with Crippen molar-refractivity contribution in [2.75, 3.05) is 6.61 Å². The number of carbonyl (C=O) groups is 3. The first-order valence-electron chi connectivity index (χ1n) is 9.75. The maximum atomic E-state index is 14.5. The Balaban J connectivity index is 1.89. The molecule has 2 aromatic carbocycles. The van der Waals surface area contributed by atoms with Crippen LogP contribution in [0.1, 0.15) is 23.1 Å². The summed E-state index contributed by atoms with van der Waals surface area (Å²) >= 11 is 5.77. The molecule has 1 aliphatic heterocycles. The number of carbonyl (C=O) groups excluding carboxylic acids is 3. The van der Waals surface area contributed by atoms with Crippen molar-refractivity contribution in [2.45, 2.75) is 31.5 Å². The average molecular weight is 490 g/mol. The van der Waals surface area contributed by atoms with E-state index >= 15 is 0 Å². The number of rotatable bonds is 7. The topological polar surface area (TPSA) is 63.7 Å². The molecule has 11 heteroatoms. The Bertz CT molecular complexity index is 1060. The summed E-state index contributed by atoms with van der Waals surface area (Å²) in [6.07, 6.45) is -6.77. The van der Waals surface area contributed by atoms with Gasteiger partial charge in [0.1, 0.15) is 12.9 Å². The van der Waals surface area contributed by atoms with Crippen molar-refractivity contribution in [3.63, 3.8) is 0 Å². The largest absolute Gasteiger partial charge is 0.447 e. The lowest BCUT2D eigenvalue weighted by Gasteiger charge is -2.25. The number of hydrogen-bond acceptors (Lipinski definition) is 4. The summed E-state index contributed by atoms with van der Waals surface area (Å²) in [7, 11) is 0. The van der Waals surface area contributed by atoms with E-state index in [1.165, 1.54) is 0 Å². The third-order valence-corrected chi connectivity index (χ3v) is 5.59. The van der Waals surface area contributed by atoms with E-state index in [1.54, 1.807) is 30.3 Å². The summed E-state index contributed by atoms with van der Waals surface area (Å²) in [6, 6.07) is 8.36. The Morgan fingerprint density at radius 2 is 1.88 bits per heavy atom. The molecule has 0 bridgehead atoms. The minimum atomic E-state index is -5.19. The van der Waals surface area contributed by atoms with E-state index in [1.807, 2.05) is 0 Å². The number of halogens is 6. The van der Waals surface area contributed by atoms with Crippen LogP contribution in [0.4, 0.5) is 26.7 Å². The third kappa shape index (κ3) is 5.32. The first kappa shape index (κ1) is 24.6. The number of alkyl halides is 3. The molecule has 0 spiro atoms. The number of nitrogens with zero attached hydrogens (tertiary/aromatic N) is 1. The van der Waals surface area contributed by atoms with Gasteiger partial charge in [0.15, 0.2) is 11.6 Å². The van der Waals surface area contributed by atoms with Gasteiger partial charge in [0, 0.05) is 22.9 Å². The molecule has 2 aromatic rings. The Labute approximate surface area is 190 Å². The van der Waals surface area contributed by atoms with Crippen LogP contribution in [0.15, 0.2) is 36.4 Å². The molecule has 1 aliphatic rings. The summed E-state index contributed by atoms with van der Waals surface area (Å²) < 4.78 is 72.2. The van der Waals surface area contributed by atoms with E-state index in [9.17, 15) is 36.3 Å². The van der Waals surface area contributed by atoms with E-state index in [2.05, 4.69) is 0 Å². The lowest BCUT2D eigenvalue weighted by Crippen LogP contribution is -2.44. The molecule has 3 rings (SSSR count). The van der Waals surface area contributed by atoms with Gasteiger partial charge in [-0.1, -0.05) is 41.9 Å². The van der Waals surface area contributed by atoms with Gasteiger partial charge in [-0.3, -0.25) is 4.79 Å². The highest BCUT2D eigenvalue weighted by atomic mass is 35.5. The maximum absolute atomic E-state index is 14.5. The fraction of sp³-hybridized carbons (Fsp3) is 0.318. The molecule has 0 radical (unpaired) electrons. The highest BCUT2D eigenvalue weighted by molar-refractivity contribution is 6.31. The van der Waals surface area contributed by atoms with Gasteiger partial charge in [0.05, 0.1) is 11.6 Å². The second-order valence-electron chi connectivity index (χ2n) is 7.44. The standard InChI is InChI=1S/C22H17ClF5NO4/c23-17-10-16(22(26,27)28)19(25)18(24)15(17)9-13(6-7-30)20(31)29-14(11-33-21(29)32)8-12-4-2-1-3-5-12/h1-5,7,10,13-14H,6,8-9,11H2/t13-,14+/m0/s1. The van der Waals surface area contributed by atoms with Crippen LogP contribution in [0.5, 0.6) is 0 Å². The molecule has 33 heavy (non-hydrogen) atoms. The molecular formula is C22H17ClF5NO4. The van der Waals surface area contributed by atoms with Crippen LogP contribution in [0.3, 0.4) is 0 Å². The van der Waals surface area contributed by atoms with Gasteiger partial charge >= 0.3 is 12.3 Å². The second kappa shape index (κ2) is 9.86. The first-order chi connectivity index (χ1) is 15.5. The number of ether oxygens (including phenoxy) is 1. The molecule has 5 nitrogen and oxygen atoms in total. The number of amides is 2. The van der Waals surface area contributed by atoms with Crippen molar-refractivity contribution in [1.29, 1.82) is 0 Å². The zero-order valence-corrected chi connectivity index (χ0v) is 17.6. The summed E-state index contributed by atoms with van der Waals surface area (Å²) in [5.74, 6) is -6.32. The summed E-state index contributed by atoms with van der Waals surface area (Å²) in [5.41, 5.74) is -1.79. The lowest BCUT2D eigenvalue weighted by atomic mass is 9.93. The number of imide groups is 1. The van der Waals surface area contributed by atoms with Gasteiger partial charge in [-0.2, -0.15) is 13.2 Å². The molecule has 2 atom stereocenters. The average Bonchev–Trinajstić information content (AvgIpc) is 3.12. The van der Waals surface area contributed by atoms with Gasteiger partial charge in [-0.05, 0) is 24.5 Å². The van der Waals surface area contributed by atoms with Crippen molar-refractivity contribution in [3.8, 4) is 0 Å². The zero-order chi connectivity index (χ0) is 24.3. The minimum Gasteiger partial charge on any atom is -0.447 e. The molecule has 0 aliphatic carbocycles. The van der Waals surface area contributed by atoms with Gasteiger partial charge in [0.2, 0.25) is 5.91 Å². The van der Waals surface area contributed by atoms with E-state index in [0.717, 1.165) is 10.5 Å². The van der Waals surface area contributed by atoms with Crippen molar-refractivity contribution in [2.24, 2.45) is 5.92 Å². The van der Waals surface area contributed by atoms with Crippen LogP contribution < -0.4 is 0 Å². The Morgan fingerprint density at radius 3 is 2.48 bits per heavy atom. The van der Waals surface area contributed by atoms with Crippen molar-refractivity contribution >= 4 is 29.9 Å². The number of cyclic esters (lactones) is 1. The molecular weight excluding hydrogens is 473 g/mol. The number of aldehydes is 1. The SMILES string of the molecule is O=CC[C@@H](Cc1c(Cl)cc(C(F)(F)F)c(F)c1F)C(=O)N1C(=O)OC[C@H]1Cc1ccccc1.